The fourth-order valence-electron chi connectivity index (χ4n) is 5.94. The third kappa shape index (κ3) is 3.40. The second-order valence-corrected chi connectivity index (χ2v) is 9.52. The minimum absolute atomic E-state index is 0.00987. The predicted octanol–water partition coefficient (Wildman–Crippen LogP) is 2.44. The van der Waals surface area contributed by atoms with Crippen molar-refractivity contribution in [3.8, 4) is 0 Å². The summed E-state index contributed by atoms with van der Waals surface area (Å²) in [5, 5.41) is 3.12. The molecular weight excluding hydrogens is 366 g/mol. The molecule has 156 valence electrons. The van der Waals surface area contributed by atoms with Crippen LogP contribution in [0.15, 0.2) is 23.0 Å². The Morgan fingerprint density at radius 1 is 1.00 bits per heavy atom. The number of hydrogen-bond donors (Lipinski definition) is 1. The van der Waals surface area contributed by atoms with Gasteiger partial charge in [0.05, 0.1) is 6.04 Å². The van der Waals surface area contributed by atoms with Crippen molar-refractivity contribution in [1.82, 2.24) is 14.8 Å². The molecule has 5 rings (SSSR count). The maximum Gasteiger partial charge on any atom is 0.251 e. The number of carbonyl (C=O) groups is 2. The molecule has 0 unspecified atom stereocenters. The average Bonchev–Trinajstić information content (AvgIpc) is 3.21. The van der Waals surface area contributed by atoms with Crippen LogP contribution in [0.1, 0.15) is 69.0 Å². The maximum absolute atomic E-state index is 13.1. The minimum Gasteiger partial charge on any atom is -0.354 e. The highest BCUT2D eigenvalue weighted by molar-refractivity contribution is 5.80. The smallest absolute Gasteiger partial charge is 0.251 e. The van der Waals surface area contributed by atoms with E-state index in [1.165, 1.54) is 0 Å². The van der Waals surface area contributed by atoms with Crippen LogP contribution in [0.25, 0.3) is 0 Å². The van der Waals surface area contributed by atoms with Crippen molar-refractivity contribution in [3.63, 3.8) is 0 Å². The van der Waals surface area contributed by atoms with Gasteiger partial charge in [0.25, 0.3) is 5.56 Å². The molecule has 2 amide bonds. The number of amides is 2. The number of nitrogens with one attached hydrogen (secondary N) is 1. The van der Waals surface area contributed by atoms with Crippen molar-refractivity contribution in [2.45, 2.75) is 63.3 Å². The van der Waals surface area contributed by atoms with Crippen LogP contribution in [0.5, 0.6) is 0 Å². The number of likely N-dealkylation sites (tertiary alicyclic amines) is 1. The van der Waals surface area contributed by atoms with E-state index in [-0.39, 0.29) is 41.2 Å². The Bertz CT molecular complexity index is 853. The van der Waals surface area contributed by atoms with Crippen molar-refractivity contribution in [2.24, 2.45) is 17.8 Å². The SMILES string of the molecule is O=C(NC[C@H]1[C@H]2C[C@H](CN(C(=O)C3CCCC3)C2)c2cccc(=O)n21)C1CCC1. The van der Waals surface area contributed by atoms with Crippen LogP contribution in [0, 0.1) is 17.8 Å². The molecule has 2 saturated carbocycles. The number of aromatic nitrogens is 1. The zero-order valence-corrected chi connectivity index (χ0v) is 17.0. The van der Waals surface area contributed by atoms with Gasteiger partial charge in [0.2, 0.25) is 11.8 Å². The van der Waals surface area contributed by atoms with Crippen LogP contribution < -0.4 is 10.9 Å². The first-order valence-corrected chi connectivity index (χ1v) is 11.4. The van der Waals surface area contributed by atoms with E-state index in [9.17, 15) is 14.4 Å². The quantitative estimate of drug-likeness (QED) is 0.848. The Morgan fingerprint density at radius 2 is 1.76 bits per heavy atom. The molecule has 0 aromatic carbocycles. The number of nitrogens with zero attached hydrogens (tertiary/aromatic N) is 2. The monoisotopic (exact) mass is 397 g/mol. The predicted molar refractivity (Wildman–Crippen MR) is 109 cm³/mol. The number of hydrogen-bond acceptors (Lipinski definition) is 3. The summed E-state index contributed by atoms with van der Waals surface area (Å²) in [5.41, 5.74) is 1.04. The van der Waals surface area contributed by atoms with Gasteiger partial charge in [-0.25, -0.2) is 0 Å². The molecule has 4 aliphatic rings. The first kappa shape index (κ1) is 18.9. The van der Waals surface area contributed by atoms with E-state index in [1.807, 2.05) is 16.7 Å². The molecule has 6 nitrogen and oxygen atoms in total. The first-order chi connectivity index (χ1) is 14.1. The number of pyridine rings is 1. The van der Waals surface area contributed by atoms with E-state index in [0.29, 0.717) is 19.0 Å². The number of piperidine rings is 1. The van der Waals surface area contributed by atoms with Crippen LogP contribution in [0.3, 0.4) is 0 Å². The molecule has 29 heavy (non-hydrogen) atoms. The van der Waals surface area contributed by atoms with Gasteiger partial charge >= 0.3 is 0 Å². The van der Waals surface area contributed by atoms with Gasteiger partial charge in [-0.3, -0.25) is 14.4 Å². The van der Waals surface area contributed by atoms with Gasteiger partial charge in [-0.2, -0.15) is 0 Å². The van der Waals surface area contributed by atoms with Crippen LogP contribution in [0.2, 0.25) is 0 Å². The van der Waals surface area contributed by atoms with Crippen LogP contribution in [0.4, 0.5) is 0 Å². The van der Waals surface area contributed by atoms with Crippen LogP contribution in [-0.2, 0) is 9.59 Å². The van der Waals surface area contributed by atoms with Gasteiger partial charge in [0.1, 0.15) is 0 Å². The first-order valence-electron chi connectivity index (χ1n) is 11.4. The number of carbonyl (C=O) groups excluding carboxylic acids is 2. The molecule has 1 aromatic rings. The van der Waals surface area contributed by atoms with Crippen molar-refractivity contribution < 1.29 is 9.59 Å². The highest BCUT2D eigenvalue weighted by Crippen LogP contribution is 2.42. The average molecular weight is 398 g/mol. The Balaban J connectivity index is 1.39. The topological polar surface area (TPSA) is 71.4 Å². The van der Waals surface area contributed by atoms with E-state index in [2.05, 4.69) is 10.2 Å². The second-order valence-electron chi connectivity index (χ2n) is 9.52. The molecule has 2 aliphatic heterocycles. The number of fused-ring (bicyclic) bond motifs is 4. The fraction of sp³-hybridized carbons (Fsp3) is 0.696. The Labute approximate surface area is 171 Å². The van der Waals surface area contributed by atoms with Crippen molar-refractivity contribution in [3.05, 3.63) is 34.2 Å². The zero-order valence-electron chi connectivity index (χ0n) is 17.0. The fourth-order valence-corrected chi connectivity index (χ4v) is 5.94. The Morgan fingerprint density at radius 3 is 2.48 bits per heavy atom. The summed E-state index contributed by atoms with van der Waals surface area (Å²) in [6, 6.07) is 5.41. The molecule has 3 heterocycles. The van der Waals surface area contributed by atoms with Gasteiger partial charge in [0, 0.05) is 49.1 Å². The van der Waals surface area contributed by atoms with Gasteiger partial charge in [-0.1, -0.05) is 25.3 Å². The third-order valence-electron chi connectivity index (χ3n) is 7.78. The van der Waals surface area contributed by atoms with E-state index in [0.717, 1.165) is 63.6 Å². The maximum atomic E-state index is 13.1. The van der Waals surface area contributed by atoms with Gasteiger partial charge < -0.3 is 14.8 Å². The zero-order chi connectivity index (χ0) is 20.0. The van der Waals surface area contributed by atoms with E-state index in [1.54, 1.807) is 6.07 Å². The summed E-state index contributed by atoms with van der Waals surface area (Å²) in [7, 11) is 0. The summed E-state index contributed by atoms with van der Waals surface area (Å²) in [4.78, 5) is 40.3. The highest BCUT2D eigenvalue weighted by atomic mass is 16.2. The molecule has 3 fully saturated rings. The van der Waals surface area contributed by atoms with Crippen LogP contribution >= 0.6 is 0 Å². The highest BCUT2D eigenvalue weighted by Gasteiger charge is 2.43. The summed E-state index contributed by atoms with van der Waals surface area (Å²) in [6.45, 7) is 1.90. The van der Waals surface area contributed by atoms with Gasteiger partial charge in [-0.15, -0.1) is 0 Å². The molecule has 1 saturated heterocycles. The Kier molecular flexibility index (Phi) is 4.96. The lowest BCUT2D eigenvalue weighted by molar-refractivity contribution is -0.138. The standard InChI is InChI=1S/C23H31N3O3/c27-21-10-4-9-19-17-11-18(14-25(13-17)23(29)16-5-1-2-6-16)20(26(19)21)12-24-22(28)15-7-3-8-15/h4,9-10,15-18,20H,1-3,5-8,11-14H2,(H,24,28)/t17-,18+,20+/m1/s1. The lowest BCUT2D eigenvalue weighted by Gasteiger charge is -2.47. The summed E-state index contributed by atoms with van der Waals surface area (Å²) < 4.78 is 1.91. The van der Waals surface area contributed by atoms with Crippen molar-refractivity contribution in [1.29, 1.82) is 0 Å². The third-order valence-corrected chi connectivity index (χ3v) is 7.78. The normalized spacial score (nSPS) is 29.2. The van der Waals surface area contributed by atoms with Crippen molar-refractivity contribution in [2.75, 3.05) is 19.6 Å². The molecular formula is C23H31N3O3. The summed E-state index contributed by atoms with van der Waals surface area (Å²) in [6.07, 6.45) is 8.41. The van der Waals surface area contributed by atoms with Gasteiger partial charge in [-0.05, 0) is 44.1 Å². The molecule has 0 spiro atoms. The molecule has 2 aliphatic carbocycles. The molecule has 1 N–H and O–H groups in total. The largest absolute Gasteiger partial charge is 0.354 e. The minimum atomic E-state index is -0.0712. The molecule has 3 atom stereocenters. The van der Waals surface area contributed by atoms with Gasteiger partial charge in [0.15, 0.2) is 0 Å². The van der Waals surface area contributed by atoms with E-state index >= 15 is 0 Å². The van der Waals surface area contributed by atoms with E-state index in [4.69, 9.17) is 0 Å². The molecule has 6 heteroatoms. The second kappa shape index (κ2) is 7.62. The summed E-state index contributed by atoms with van der Waals surface area (Å²) in [5.74, 6) is 1.19. The molecule has 0 radical (unpaired) electrons. The molecule has 2 bridgehead atoms. The lowest BCUT2D eigenvalue weighted by Crippen LogP contribution is -2.54. The molecule has 1 aromatic heterocycles. The summed E-state index contributed by atoms with van der Waals surface area (Å²) >= 11 is 0. The van der Waals surface area contributed by atoms with E-state index < -0.39 is 0 Å². The van der Waals surface area contributed by atoms with Crippen molar-refractivity contribution >= 4 is 11.8 Å². The number of rotatable bonds is 4. The Hall–Kier alpha value is -2.11. The lowest BCUT2D eigenvalue weighted by atomic mass is 9.77. The van der Waals surface area contributed by atoms with Crippen LogP contribution in [-0.4, -0.2) is 40.9 Å².